The van der Waals surface area contributed by atoms with Crippen LogP contribution in [-0.2, 0) is 24.0 Å². The number of hydrogen-bond donors (Lipinski definition) is 1. The molecule has 4 aliphatic heterocycles. The molecule has 8 atom stereocenters. The fourth-order valence-electron chi connectivity index (χ4n) is 5.34. The summed E-state index contributed by atoms with van der Waals surface area (Å²) in [6.07, 6.45) is 3.57. The first kappa shape index (κ1) is 17.2. The van der Waals surface area contributed by atoms with Crippen LogP contribution in [0.25, 0.3) is 0 Å². The predicted molar refractivity (Wildman–Crippen MR) is 86.7 cm³/mol. The van der Waals surface area contributed by atoms with Crippen molar-refractivity contribution in [2.24, 2.45) is 23.7 Å². The van der Waals surface area contributed by atoms with Crippen molar-refractivity contribution in [2.75, 3.05) is 20.2 Å². The Morgan fingerprint density at radius 3 is 2.75 bits per heavy atom. The van der Waals surface area contributed by atoms with Gasteiger partial charge in [-0.25, -0.2) is 9.78 Å². The van der Waals surface area contributed by atoms with Crippen molar-refractivity contribution in [3.8, 4) is 0 Å². The highest BCUT2D eigenvalue weighted by atomic mass is 17.3. The van der Waals surface area contributed by atoms with Crippen molar-refractivity contribution < 1.29 is 24.0 Å². The highest BCUT2D eigenvalue weighted by Crippen LogP contribution is 2.60. The quantitative estimate of drug-likeness (QED) is 0.626. The first-order valence-corrected chi connectivity index (χ1v) is 9.46. The van der Waals surface area contributed by atoms with Crippen molar-refractivity contribution in [1.29, 1.82) is 0 Å². The molecule has 0 amide bonds. The summed E-state index contributed by atoms with van der Waals surface area (Å²) >= 11 is 0. The normalized spacial score (nSPS) is 53.5. The summed E-state index contributed by atoms with van der Waals surface area (Å²) in [7, 11) is 1.93. The Labute approximate surface area is 144 Å². The highest BCUT2D eigenvalue weighted by molar-refractivity contribution is 5.09. The van der Waals surface area contributed by atoms with Gasteiger partial charge in [0.15, 0.2) is 18.2 Å². The fraction of sp³-hybridized carbons (Fsp3) is 1.00. The molecule has 0 aromatic rings. The molecule has 1 aliphatic carbocycles. The largest absolute Gasteiger partial charge is 0.351 e. The second-order valence-corrected chi connectivity index (χ2v) is 8.25. The van der Waals surface area contributed by atoms with E-state index in [0.29, 0.717) is 24.4 Å². The molecule has 3 unspecified atom stereocenters. The molecular formula is C18H31NO5. The third kappa shape index (κ3) is 2.46. The molecule has 2 bridgehead atoms. The van der Waals surface area contributed by atoms with Gasteiger partial charge in [-0.2, -0.15) is 0 Å². The molecule has 1 N–H and O–H groups in total. The first-order chi connectivity index (χ1) is 11.5. The predicted octanol–water partition coefficient (Wildman–Crippen LogP) is 2.43. The maximum absolute atomic E-state index is 6.33. The minimum Gasteiger partial charge on any atom is -0.351 e. The standard InChI is InChI=1S/C18H31NO5/c1-11-5-6-14-12(2)15(20-10-9-19-4)21-16-18(14)13(11)7-8-17(3,22-16)23-24-18/h11-16,19H,5-10H2,1-4H3/t11-,12-,13?,14?,15?,16-,17-,18-/m1/s1. The molecule has 5 aliphatic rings. The van der Waals surface area contributed by atoms with Crippen molar-refractivity contribution in [3.63, 3.8) is 0 Å². The van der Waals surface area contributed by atoms with Crippen LogP contribution in [0.15, 0.2) is 0 Å². The van der Waals surface area contributed by atoms with Crippen LogP contribution in [0, 0.1) is 23.7 Å². The van der Waals surface area contributed by atoms with Gasteiger partial charge in [0.2, 0.25) is 5.79 Å². The first-order valence-electron chi connectivity index (χ1n) is 9.46. The van der Waals surface area contributed by atoms with Gasteiger partial charge < -0.3 is 19.5 Å². The second-order valence-electron chi connectivity index (χ2n) is 8.25. The van der Waals surface area contributed by atoms with E-state index in [1.54, 1.807) is 0 Å². The van der Waals surface area contributed by atoms with Crippen molar-refractivity contribution in [1.82, 2.24) is 5.32 Å². The van der Waals surface area contributed by atoms with Crippen LogP contribution in [0.3, 0.4) is 0 Å². The summed E-state index contributed by atoms with van der Waals surface area (Å²) in [5.74, 6) is 0.871. The smallest absolute Gasteiger partial charge is 0.201 e. The van der Waals surface area contributed by atoms with Gasteiger partial charge in [-0.1, -0.05) is 13.8 Å². The number of nitrogens with one attached hydrogen (secondary N) is 1. The second kappa shape index (κ2) is 6.18. The number of rotatable bonds is 4. The van der Waals surface area contributed by atoms with E-state index in [0.717, 1.165) is 25.8 Å². The van der Waals surface area contributed by atoms with Gasteiger partial charge in [-0.15, -0.1) is 0 Å². The zero-order valence-corrected chi connectivity index (χ0v) is 15.2. The van der Waals surface area contributed by atoms with E-state index >= 15 is 0 Å². The molecule has 0 radical (unpaired) electrons. The minimum absolute atomic E-state index is 0.250. The van der Waals surface area contributed by atoms with Crippen LogP contribution in [0.2, 0.25) is 0 Å². The van der Waals surface area contributed by atoms with E-state index < -0.39 is 17.7 Å². The number of fused-ring (bicyclic) bond motifs is 2. The topological polar surface area (TPSA) is 58.2 Å². The molecule has 4 saturated heterocycles. The van der Waals surface area contributed by atoms with E-state index in [2.05, 4.69) is 19.2 Å². The Morgan fingerprint density at radius 2 is 1.96 bits per heavy atom. The van der Waals surface area contributed by atoms with Crippen LogP contribution in [0.5, 0.6) is 0 Å². The van der Waals surface area contributed by atoms with Gasteiger partial charge in [0.05, 0.1) is 6.61 Å². The average molecular weight is 341 g/mol. The molecule has 1 spiro atoms. The summed E-state index contributed by atoms with van der Waals surface area (Å²) in [4.78, 5) is 11.9. The molecule has 4 heterocycles. The molecule has 6 heteroatoms. The summed E-state index contributed by atoms with van der Waals surface area (Å²) in [5, 5.41) is 3.11. The Hall–Kier alpha value is -0.240. The Morgan fingerprint density at radius 1 is 1.12 bits per heavy atom. The minimum atomic E-state index is -0.715. The molecular weight excluding hydrogens is 310 g/mol. The lowest BCUT2D eigenvalue weighted by molar-refractivity contribution is -0.577. The maximum Gasteiger partial charge on any atom is 0.201 e. The lowest BCUT2D eigenvalue weighted by Crippen LogP contribution is -2.70. The number of likely N-dealkylation sites (N-methyl/N-ethyl adjacent to an activating group) is 1. The average Bonchev–Trinajstić information content (AvgIpc) is 2.78. The molecule has 1 saturated carbocycles. The van der Waals surface area contributed by atoms with Gasteiger partial charge >= 0.3 is 0 Å². The third-order valence-electron chi connectivity index (χ3n) is 6.73. The van der Waals surface area contributed by atoms with E-state index in [1.807, 2.05) is 14.0 Å². The van der Waals surface area contributed by atoms with Gasteiger partial charge in [-0.05, 0) is 45.1 Å². The monoisotopic (exact) mass is 341 g/mol. The number of ether oxygens (including phenoxy) is 3. The zero-order valence-electron chi connectivity index (χ0n) is 15.2. The lowest BCUT2D eigenvalue weighted by atomic mass is 9.58. The van der Waals surface area contributed by atoms with Crippen LogP contribution in [0.4, 0.5) is 0 Å². The van der Waals surface area contributed by atoms with Crippen LogP contribution >= 0.6 is 0 Å². The summed E-state index contributed by atoms with van der Waals surface area (Å²) in [6.45, 7) is 7.94. The Bertz CT molecular complexity index is 476. The van der Waals surface area contributed by atoms with E-state index in [1.165, 1.54) is 6.42 Å². The third-order valence-corrected chi connectivity index (χ3v) is 6.73. The SMILES string of the molecule is CNCCOC1O[C@@H]2O[C@@]3(C)CCC4[C@H](C)CCC([C@H]1C)[C@]42OO3. The van der Waals surface area contributed by atoms with Crippen LogP contribution in [-0.4, -0.2) is 44.2 Å². The van der Waals surface area contributed by atoms with Gasteiger partial charge in [-0.3, -0.25) is 0 Å². The van der Waals surface area contributed by atoms with Crippen molar-refractivity contribution in [2.45, 2.75) is 70.4 Å². The molecule has 5 rings (SSSR count). The molecule has 24 heavy (non-hydrogen) atoms. The molecule has 138 valence electrons. The molecule has 5 fully saturated rings. The number of hydrogen-bond acceptors (Lipinski definition) is 6. The Balaban J connectivity index is 1.64. The summed E-state index contributed by atoms with van der Waals surface area (Å²) in [5.41, 5.74) is -0.490. The fourth-order valence-corrected chi connectivity index (χ4v) is 5.34. The van der Waals surface area contributed by atoms with E-state index in [9.17, 15) is 0 Å². The van der Waals surface area contributed by atoms with Gasteiger partial charge in [0.25, 0.3) is 0 Å². The lowest BCUT2D eigenvalue weighted by Gasteiger charge is -2.60. The highest BCUT2D eigenvalue weighted by Gasteiger charge is 2.69. The van der Waals surface area contributed by atoms with Crippen molar-refractivity contribution in [3.05, 3.63) is 0 Å². The van der Waals surface area contributed by atoms with E-state index in [4.69, 9.17) is 24.0 Å². The van der Waals surface area contributed by atoms with Crippen molar-refractivity contribution >= 4 is 0 Å². The molecule has 6 nitrogen and oxygen atoms in total. The Kier molecular flexibility index (Phi) is 4.43. The van der Waals surface area contributed by atoms with Crippen LogP contribution in [0.1, 0.15) is 46.5 Å². The zero-order chi connectivity index (χ0) is 16.9. The molecule has 0 aromatic heterocycles. The van der Waals surface area contributed by atoms with Gasteiger partial charge in [0, 0.05) is 24.8 Å². The maximum atomic E-state index is 6.33. The summed E-state index contributed by atoms with van der Waals surface area (Å²) < 4.78 is 18.6. The van der Waals surface area contributed by atoms with E-state index in [-0.39, 0.29) is 12.2 Å². The summed E-state index contributed by atoms with van der Waals surface area (Å²) in [6, 6.07) is 0. The molecule has 0 aromatic carbocycles. The van der Waals surface area contributed by atoms with Crippen LogP contribution < -0.4 is 5.32 Å². The van der Waals surface area contributed by atoms with Gasteiger partial charge in [0.1, 0.15) is 0 Å².